The minimum atomic E-state index is -0.662. The van der Waals surface area contributed by atoms with Gasteiger partial charge in [0.25, 0.3) is 0 Å². The monoisotopic (exact) mass is 307 g/mol. The second-order valence-electron chi connectivity index (χ2n) is 6.45. The van der Waals surface area contributed by atoms with Crippen LogP contribution in [0.15, 0.2) is 23.8 Å². The number of esters is 2. The van der Waals surface area contributed by atoms with Gasteiger partial charge in [-0.3, -0.25) is 9.59 Å². The average Bonchev–Trinajstić information content (AvgIpc) is 3.00. The third-order valence-electron chi connectivity index (χ3n) is 3.97. The third kappa shape index (κ3) is 2.53. The van der Waals surface area contributed by atoms with Crippen molar-refractivity contribution in [2.45, 2.75) is 32.9 Å². The molecule has 0 radical (unpaired) electrons. The van der Waals surface area contributed by atoms with Gasteiger partial charge < -0.3 is 14.4 Å². The first-order valence-corrected chi connectivity index (χ1v) is 7.10. The van der Waals surface area contributed by atoms with Gasteiger partial charge >= 0.3 is 11.9 Å². The van der Waals surface area contributed by atoms with Crippen LogP contribution in [0.3, 0.4) is 0 Å². The SMILES string of the molecule is COC(=O)/C=C1/[C@@H](C(=O)OC)[C@@H]2C=C[C@H]1N2C(=O)C(C)(C)C. The first-order valence-electron chi connectivity index (χ1n) is 7.10. The molecule has 2 heterocycles. The highest BCUT2D eigenvalue weighted by Gasteiger charge is 2.54. The number of amides is 1. The smallest absolute Gasteiger partial charge is 0.330 e. The van der Waals surface area contributed by atoms with E-state index < -0.39 is 35.4 Å². The van der Waals surface area contributed by atoms with Crippen molar-refractivity contribution in [3.05, 3.63) is 23.8 Å². The summed E-state index contributed by atoms with van der Waals surface area (Å²) in [5, 5.41) is 0. The highest BCUT2D eigenvalue weighted by molar-refractivity contribution is 5.91. The summed E-state index contributed by atoms with van der Waals surface area (Å²) in [5.74, 6) is -1.74. The predicted octanol–water partition coefficient (Wildman–Crippen LogP) is 1.07. The van der Waals surface area contributed by atoms with Crippen molar-refractivity contribution in [2.24, 2.45) is 11.3 Å². The molecule has 1 fully saturated rings. The van der Waals surface area contributed by atoms with Crippen molar-refractivity contribution >= 4 is 17.8 Å². The molecule has 22 heavy (non-hydrogen) atoms. The molecule has 0 aromatic carbocycles. The van der Waals surface area contributed by atoms with Crippen LogP contribution in [0, 0.1) is 11.3 Å². The zero-order valence-electron chi connectivity index (χ0n) is 13.5. The van der Waals surface area contributed by atoms with Gasteiger partial charge in [-0.05, 0) is 5.57 Å². The molecular formula is C16H21NO5. The average molecular weight is 307 g/mol. The molecular weight excluding hydrogens is 286 g/mol. The third-order valence-corrected chi connectivity index (χ3v) is 3.97. The molecule has 2 aliphatic rings. The predicted molar refractivity (Wildman–Crippen MR) is 78.6 cm³/mol. The van der Waals surface area contributed by atoms with E-state index in [9.17, 15) is 14.4 Å². The number of fused-ring (bicyclic) bond motifs is 2. The minimum Gasteiger partial charge on any atom is -0.468 e. The lowest BCUT2D eigenvalue weighted by Gasteiger charge is -2.30. The zero-order chi connectivity index (χ0) is 16.7. The number of methoxy groups -OCH3 is 2. The topological polar surface area (TPSA) is 72.9 Å². The van der Waals surface area contributed by atoms with Gasteiger partial charge in [0.05, 0.1) is 26.3 Å². The van der Waals surface area contributed by atoms with Crippen LogP contribution in [0.1, 0.15) is 20.8 Å². The van der Waals surface area contributed by atoms with E-state index in [0.29, 0.717) is 5.57 Å². The molecule has 0 N–H and O–H groups in total. The standard InChI is InChI=1S/C16H21NO5/c1-16(2,3)15(20)17-10-6-7-11(17)13(14(19)22-5)9(10)8-12(18)21-4/h6-8,10-11,13H,1-5H3/b9-8+/t10-,11+,13-/m1/s1. The molecule has 2 bridgehead atoms. The van der Waals surface area contributed by atoms with Crippen LogP contribution in [0.5, 0.6) is 0 Å². The Hall–Kier alpha value is -2.11. The maximum atomic E-state index is 12.7. The lowest BCUT2D eigenvalue weighted by Crippen LogP contribution is -2.44. The molecule has 0 aromatic rings. The fraction of sp³-hybridized carbons (Fsp3) is 0.562. The maximum Gasteiger partial charge on any atom is 0.330 e. The van der Waals surface area contributed by atoms with Crippen LogP contribution in [-0.2, 0) is 23.9 Å². The molecule has 0 aromatic heterocycles. The van der Waals surface area contributed by atoms with Gasteiger partial charge in [0.15, 0.2) is 0 Å². The fourth-order valence-corrected chi connectivity index (χ4v) is 2.94. The molecule has 3 atom stereocenters. The Balaban J connectivity index is 2.45. The van der Waals surface area contributed by atoms with E-state index in [0.717, 1.165) is 0 Å². The maximum absolute atomic E-state index is 12.7. The molecule has 6 heteroatoms. The summed E-state index contributed by atoms with van der Waals surface area (Å²) >= 11 is 0. The summed E-state index contributed by atoms with van der Waals surface area (Å²) in [7, 11) is 2.57. The van der Waals surface area contributed by atoms with Gasteiger partial charge in [0, 0.05) is 11.5 Å². The summed E-state index contributed by atoms with van der Waals surface area (Å²) in [5.41, 5.74) is -0.0343. The lowest BCUT2D eigenvalue weighted by atomic mass is 9.88. The summed E-state index contributed by atoms with van der Waals surface area (Å²) in [6.07, 6.45) is 4.95. The van der Waals surface area contributed by atoms with E-state index in [1.54, 1.807) is 4.90 Å². The molecule has 0 unspecified atom stereocenters. The van der Waals surface area contributed by atoms with E-state index in [1.165, 1.54) is 20.3 Å². The molecule has 2 rings (SSSR count). The summed E-state index contributed by atoms with van der Waals surface area (Å²) in [4.78, 5) is 38.0. The van der Waals surface area contributed by atoms with Crippen molar-refractivity contribution < 1.29 is 23.9 Å². The van der Waals surface area contributed by atoms with Crippen molar-refractivity contribution in [1.82, 2.24) is 4.90 Å². The van der Waals surface area contributed by atoms with E-state index in [2.05, 4.69) is 4.74 Å². The first-order chi connectivity index (χ1) is 10.2. The quantitative estimate of drug-likeness (QED) is 0.433. The Labute approximate surface area is 129 Å². The number of hydrogen-bond donors (Lipinski definition) is 0. The molecule has 6 nitrogen and oxygen atoms in total. The summed E-state index contributed by atoms with van der Waals surface area (Å²) in [6.45, 7) is 5.47. The van der Waals surface area contributed by atoms with Gasteiger partial charge in [-0.1, -0.05) is 32.9 Å². The first kappa shape index (κ1) is 16.3. The number of carbonyl (C=O) groups is 3. The molecule has 0 aliphatic carbocycles. The van der Waals surface area contributed by atoms with Crippen molar-refractivity contribution in [2.75, 3.05) is 14.2 Å². The molecule has 0 saturated carbocycles. The zero-order valence-corrected chi connectivity index (χ0v) is 13.5. The Bertz CT molecular complexity index is 570. The van der Waals surface area contributed by atoms with Crippen LogP contribution < -0.4 is 0 Å². The Morgan fingerprint density at radius 3 is 2.27 bits per heavy atom. The number of carbonyl (C=O) groups excluding carboxylic acids is 3. The molecule has 1 amide bonds. The largest absolute Gasteiger partial charge is 0.468 e. The van der Waals surface area contributed by atoms with Crippen LogP contribution in [-0.4, -0.2) is 49.0 Å². The molecule has 1 saturated heterocycles. The van der Waals surface area contributed by atoms with Crippen molar-refractivity contribution in [3.63, 3.8) is 0 Å². The van der Waals surface area contributed by atoms with Gasteiger partial charge in [-0.2, -0.15) is 0 Å². The van der Waals surface area contributed by atoms with Crippen LogP contribution in [0.2, 0.25) is 0 Å². The molecule has 0 spiro atoms. The second kappa shape index (κ2) is 5.59. The van der Waals surface area contributed by atoms with Crippen LogP contribution in [0.4, 0.5) is 0 Å². The van der Waals surface area contributed by atoms with Gasteiger partial charge in [0.1, 0.15) is 5.92 Å². The number of rotatable bonds is 2. The number of nitrogens with zero attached hydrogens (tertiary/aromatic N) is 1. The Morgan fingerprint density at radius 2 is 1.77 bits per heavy atom. The lowest BCUT2D eigenvalue weighted by molar-refractivity contribution is -0.146. The molecule has 120 valence electrons. The molecule has 2 aliphatic heterocycles. The van der Waals surface area contributed by atoms with Crippen molar-refractivity contribution in [3.8, 4) is 0 Å². The highest BCUT2D eigenvalue weighted by atomic mass is 16.5. The normalized spacial score (nSPS) is 28.1. The van der Waals surface area contributed by atoms with Gasteiger partial charge in [-0.15, -0.1) is 0 Å². The van der Waals surface area contributed by atoms with E-state index >= 15 is 0 Å². The number of hydrogen-bond acceptors (Lipinski definition) is 5. The highest BCUT2D eigenvalue weighted by Crippen LogP contribution is 2.43. The van der Waals surface area contributed by atoms with E-state index in [4.69, 9.17) is 4.74 Å². The number of ether oxygens (including phenoxy) is 2. The van der Waals surface area contributed by atoms with Gasteiger partial charge in [-0.25, -0.2) is 4.79 Å². The van der Waals surface area contributed by atoms with E-state index in [1.807, 2.05) is 32.9 Å². The van der Waals surface area contributed by atoms with Crippen molar-refractivity contribution in [1.29, 1.82) is 0 Å². The summed E-state index contributed by atoms with van der Waals surface area (Å²) in [6, 6.07) is -0.819. The Morgan fingerprint density at radius 1 is 1.14 bits per heavy atom. The Kier molecular flexibility index (Phi) is 4.13. The summed E-state index contributed by atoms with van der Waals surface area (Å²) < 4.78 is 9.49. The second-order valence-corrected chi connectivity index (χ2v) is 6.45. The minimum absolute atomic E-state index is 0.0744. The van der Waals surface area contributed by atoms with Crippen LogP contribution in [0.25, 0.3) is 0 Å². The van der Waals surface area contributed by atoms with Gasteiger partial charge in [0.2, 0.25) is 5.91 Å². The van der Waals surface area contributed by atoms with Crippen LogP contribution >= 0.6 is 0 Å². The fourth-order valence-electron chi connectivity index (χ4n) is 2.94. The van der Waals surface area contributed by atoms with E-state index in [-0.39, 0.29) is 5.91 Å².